The maximum atomic E-state index is 14.4. The second-order valence-electron chi connectivity index (χ2n) is 26.3. The number of carbonyl (C=O) groups excluding carboxylic acids is 2. The molecule has 5 aliphatic heterocycles. The summed E-state index contributed by atoms with van der Waals surface area (Å²) < 4.78 is 171. The molecule has 0 bridgehead atoms. The van der Waals surface area contributed by atoms with Gasteiger partial charge in [-0.25, -0.2) is 12.5 Å². The number of methoxy groups -OCH3 is 1. The monoisotopic (exact) mass is 1320 g/mol. The van der Waals surface area contributed by atoms with Crippen molar-refractivity contribution in [1.82, 2.24) is 0 Å². The van der Waals surface area contributed by atoms with E-state index in [1.54, 1.807) is 0 Å². The second-order valence-corrected chi connectivity index (χ2v) is 29.6. The molecular weight excluding hydrogens is 1240 g/mol. The Kier molecular flexibility index (Phi) is 20.2. The number of ketones is 1. The minimum Gasteiger partial charge on any atom is -0.458 e. The third-order valence-corrected chi connectivity index (χ3v) is 21.8. The first-order chi connectivity index (χ1) is 40.7. The van der Waals surface area contributed by atoms with Crippen LogP contribution in [0.5, 0.6) is 0 Å². The summed E-state index contributed by atoms with van der Waals surface area (Å²) in [6.45, 7) is 14.5. The molecule has 5 saturated heterocycles. The van der Waals surface area contributed by atoms with Gasteiger partial charge in [0, 0.05) is 13.5 Å². The molecule has 31 nitrogen and oxygen atoms in total. The molecule has 504 valence electrons. The van der Waals surface area contributed by atoms with Crippen molar-refractivity contribution in [2.24, 2.45) is 39.4 Å². The zero-order chi connectivity index (χ0) is 65.0. The van der Waals surface area contributed by atoms with Crippen LogP contribution in [0.4, 0.5) is 0 Å². The van der Waals surface area contributed by atoms with E-state index in [1.807, 2.05) is 27.7 Å². The van der Waals surface area contributed by atoms with E-state index in [4.69, 9.17) is 56.1 Å². The van der Waals surface area contributed by atoms with Crippen molar-refractivity contribution in [2.45, 2.75) is 235 Å². The molecule has 3 saturated carbocycles. The highest BCUT2D eigenvalue weighted by Crippen LogP contribution is 2.75. The number of rotatable bonds is 21. The number of carbonyl (C=O) groups is 2. The van der Waals surface area contributed by atoms with Crippen molar-refractivity contribution in [3.63, 3.8) is 0 Å². The predicted molar refractivity (Wildman–Crippen MR) is 292 cm³/mol. The van der Waals surface area contributed by atoms with Crippen LogP contribution in [0.3, 0.4) is 0 Å². The van der Waals surface area contributed by atoms with Crippen molar-refractivity contribution in [1.29, 1.82) is 0 Å². The van der Waals surface area contributed by atoms with Crippen LogP contribution in [0.25, 0.3) is 0 Å². The van der Waals surface area contributed by atoms with E-state index in [-0.39, 0.29) is 30.0 Å². The summed E-state index contributed by atoms with van der Waals surface area (Å²) in [6.07, 6.45) is -30.3. The SMILES string of the molecule is C=C(C)CCCC1(C)OC(=O)[C@]23CC=C4C(CCC5C(C)(C)C(O[C@@H]6OC[C@@H](OS(=O)(=O)O)C(O)C6O[C@@H]6OC(C)[C@@H](O[C@@H]7OC(COS(=O)(=O)O)[C@@H](O)C(O[C@@H]8OC(COS(=O)(=O)O)[C@@H](O)C(OC)C8O)C7O)C(O)C6O)CC[C@]45C)C2(C)CC(=O)[C@H]13. The van der Waals surface area contributed by atoms with Crippen LogP contribution in [0.1, 0.15) is 106 Å². The van der Waals surface area contributed by atoms with Gasteiger partial charge in [-0.05, 0) is 100 Å². The fourth-order valence-electron chi connectivity index (χ4n) is 16.3. The van der Waals surface area contributed by atoms with Crippen LogP contribution in [0.15, 0.2) is 23.8 Å². The number of cyclic esters (lactones) is 1. The molecule has 88 heavy (non-hydrogen) atoms. The third-order valence-electron chi connectivity index (χ3n) is 20.5. The van der Waals surface area contributed by atoms with E-state index in [2.05, 4.69) is 34.9 Å². The molecule has 1 spiro atoms. The Morgan fingerprint density at radius 3 is 1.83 bits per heavy atom. The zero-order valence-corrected chi connectivity index (χ0v) is 52.3. The van der Waals surface area contributed by atoms with Crippen molar-refractivity contribution in [3.05, 3.63) is 23.8 Å². The zero-order valence-electron chi connectivity index (χ0n) is 49.8. The molecule has 16 unspecified atom stereocenters. The number of aliphatic hydroxyl groups excluding tert-OH is 7. The van der Waals surface area contributed by atoms with Crippen LogP contribution in [-0.2, 0) is 101 Å². The molecule has 27 atom stereocenters. The number of hydrogen-bond donors (Lipinski definition) is 10. The summed E-state index contributed by atoms with van der Waals surface area (Å²) in [5.41, 5.74) is -1.66. The number of esters is 1. The van der Waals surface area contributed by atoms with E-state index in [0.29, 0.717) is 38.5 Å². The van der Waals surface area contributed by atoms with E-state index in [9.17, 15) is 79.7 Å². The first-order valence-electron chi connectivity index (χ1n) is 29.2. The molecule has 9 aliphatic rings. The Balaban J connectivity index is 0.914. The van der Waals surface area contributed by atoms with Gasteiger partial charge in [0.15, 0.2) is 25.2 Å². The number of fused-ring (bicyclic) bond motifs is 4. The molecular formula is C54H84O31S3. The first kappa shape index (κ1) is 69.9. The van der Waals surface area contributed by atoms with Gasteiger partial charge in [0.1, 0.15) is 96.8 Å². The average molecular weight is 1330 g/mol. The molecule has 0 radical (unpaired) electrons. The highest BCUT2D eigenvalue weighted by Gasteiger charge is 2.79. The Bertz CT molecular complexity index is 2970. The number of Topliss-reactive ketones (excluding diaryl/α,β-unsaturated/α-hetero) is 1. The summed E-state index contributed by atoms with van der Waals surface area (Å²) in [5, 5.41) is 80.2. The molecule has 8 fully saturated rings. The van der Waals surface area contributed by atoms with Gasteiger partial charge < -0.3 is 83.1 Å². The van der Waals surface area contributed by atoms with Crippen LogP contribution in [0, 0.1) is 39.4 Å². The lowest BCUT2D eigenvalue weighted by Crippen LogP contribution is -2.67. The van der Waals surface area contributed by atoms with Crippen LogP contribution in [0.2, 0.25) is 0 Å². The van der Waals surface area contributed by atoms with Gasteiger partial charge in [0.05, 0.1) is 43.4 Å². The molecule has 9 rings (SSSR count). The lowest BCUT2D eigenvalue weighted by Gasteiger charge is -2.63. The Labute approximate surface area is 510 Å². The van der Waals surface area contributed by atoms with Crippen molar-refractivity contribution >= 4 is 42.9 Å². The third kappa shape index (κ3) is 13.1. The van der Waals surface area contributed by atoms with Crippen molar-refractivity contribution in [3.8, 4) is 0 Å². The lowest BCUT2D eigenvalue weighted by molar-refractivity contribution is -0.388. The molecule has 0 aromatic heterocycles. The van der Waals surface area contributed by atoms with E-state index in [1.165, 1.54) is 12.5 Å². The molecule has 0 aromatic carbocycles. The van der Waals surface area contributed by atoms with Crippen LogP contribution >= 0.6 is 0 Å². The lowest BCUT2D eigenvalue weighted by atomic mass is 9.41. The fourth-order valence-corrected chi connectivity index (χ4v) is 17.4. The molecule has 0 aromatic rings. The number of hydrogen-bond acceptors (Lipinski definition) is 28. The molecule has 0 amide bonds. The minimum atomic E-state index is -5.25. The second kappa shape index (κ2) is 25.4. The molecule has 5 heterocycles. The number of aliphatic hydroxyl groups is 7. The Hall–Kier alpha value is -2.41. The average Bonchev–Trinajstić information content (AvgIpc) is 1.44. The maximum absolute atomic E-state index is 14.4. The molecule has 10 N–H and O–H groups in total. The largest absolute Gasteiger partial charge is 0.458 e. The summed E-state index contributed by atoms with van der Waals surface area (Å²) in [7, 11) is -14.6. The smallest absolute Gasteiger partial charge is 0.397 e. The van der Waals surface area contributed by atoms with Crippen LogP contribution < -0.4 is 0 Å². The van der Waals surface area contributed by atoms with Gasteiger partial charge in [0.25, 0.3) is 0 Å². The Morgan fingerprint density at radius 2 is 1.25 bits per heavy atom. The van der Waals surface area contributed by atoms with Gasteiger partial charge in [0.2, 0.25) is 0 Å². The number of allylic oxidation sites excluding steroid dienone is 3. The van der Waals surface area contributed by atoms with E-state index >= 15 is 0 Å². The van der Waals surface area contributed by atoms with Gasteiger partial charge in [-0.15, -0.1) is 6.58 Å². The van der Waals surface area contributed by atoms with Gasteiger partial charge in [-0.2, -0.15) is 25.3 Å². The summed E-state index contributed by atoms with van der Waals surface area (Å²) >= 11 is 0. The highest BCUT2D eigenvalue weighted by molar-refractivity contribution is 7.81. The van der Waals surface area contributed by atoms with E-state index in [0.717, 1.165) is 25.5 Å². The summed E-state index contributed by atoms with van der Waals surface area (Å²) in [4.78, 5) is 28.8. The normalized spacial score (nSPS) is 47.1. The highest BCUT2D eigenvalue weighted by atomic mass is 32.3. The molecule has 4 aliphatic carbocycles. The van der Waals surface area contributed by atoms with E-state index < -0.39 is 207 Å². The topological polar surface area (TPSA) is 459 Å². The minimum absolute atomic E-state index is 0.0373. The van der Waals surface area contributed by atoms with Crippen molar-refractivity contribution in [2.75, 3.05) is 26.9 Å². The fraction of sp³-hybridized carbons (Fsp3) is 0.889. The van der Waals surface area contributed by atoms with Gasteiger partial charge in [-0.1, -0.05) is 44.9 Å². The standard InChI is InChI=1S/C54H84O31S3/c1-23(2)11-10-16-53(8)44-27(55)19-52(7)26-12-13-31-50(4,5)32(15-17-51(31,6)25(26)14-18-54(44,52)49(63)84-53)80-48-43(35(58)30(20-74-48)85-88(70,71)72)83-45-37(60)36(59)40(24(3)77-45)81-47-39(62)42(34(57)29(79-47)22-76-87(67,68)69)82-46-38(61)41(73-9)33(56)28(78-46)21-75-86(64,65)66/h14,24,26,28-48,56-62H,1,10-13,15-22H2,2-9H3,(H,64,65,66)(H,67,68,69)(H,70,71,72)/t24?,26?,28?,29?,30-,31?,32?,33-,34-,35?,36?,37?,38?,39?,40-,41?,42?,43?,44-,45+,46+,47+,48+,51-,52?,53?,54-/m1/s1. The summed E-state index contributed by atoms with van der Waals surface area (Å²) in [5.74, 6) is -1.07. The van der Waals surface area contributed by atoms with Gasteiger partial charge in [-0.3, -0.25) is 23.2 Å². The van der Waals surface area contributed by atoms with Crippen molar-refractivity contribution < 1.29 is 144 Å². The maximum Gasteiger partial charge on any atom is 0.397 e. The van der Waals surface area contributed by atoms with Crippen LogP contribution in [-0.4, -0.2) is 242 Å². The van der Waals surface area contributed by atoms with Gasteiger partial charge >= 0.3 is 37.2 Å². The predicted octanol–water partition coefficient (Wildman–Crippen LogP) is -0.728. The number of ether oxygens (including phenoxy) is 10. The molecule has 34 heteroatoms. The first-order valence-corrected chi connectivity index (χ1v) is 33.3. The Morgan fingerprint density at radius 1 is 0.682 bits per heavy atom. The quantitative estimate of drug-likeness (QED) is 0.0293. The summed E-state index contributed by atoms with van der Waals surface area (Å²) in [6, 6.07) is 0.